The number of anilines is 1. The van der Waals surface area contributed by atoms with Crippen LogP contribution in [0.15, 0.2) is 23.6 Å². The van der Waals surface area contributed by atoms with Crippen molar-refractivity contribution in [2.24, 2.45) is 0 Å². The Morgan fingerprint density at radius 3 is 2.81 bits per heavy atom. The average molecular weight is 370 g/mol. The summed E-state index contributed by atoms with van der Waals surface area (Å²) in [6.45, 7) is 5.60. The molecule has 26 heavy (non-hydrogen) atoms. The Bertz CT molecular complexity index is 942. The maximum Gasteiger partial charge on any atom is 0.223 e. The van der Waals surface area contributed by atoms with Crippen LogP contribution in [-0.4, -0.2) is 56.8 Å². The van der Waals surface area contributed by atoms with Gasteiger partial charge in [-0.05, 0) is 49.4 Å². The highest BCUT2D eigenvalue weighted by atomic mass is 32.1. The second kappa shape index (κ2) is 6.68. The lowest BCUT2D eigenvalue weighted by Gasteiger charge is -2.44. The van der Waals surface area contributed by atoms with Crippen LogP contribution in [0.3, 0.4) is 0 Å². The number of thiophene rings is 1. The Hall–Kier alpha value is -2.48. The lowest BCUT2D eigenvalue weighted by atomic mass is 10.1. The van der Waals surface area contributed by atoms with Crippen LogP contribution in [0, 0.1) is 13.8 Å². The molecule has 0 atom stereocenters. The van der Waals surface area contributed by atoms with E-state index in [1.54, 1.807) is 15.9 Å². The molecule has 0 unspecified atom stereocenters. The van der Waals surface area contributed by atoms with Crippen LogP contribution in [0.25, 0.3) is 5.65 Å². The third-order valence-electron chi connectivity index (χ3n) is 5.07. The lowest BCUT2D eigenvalue weighted by Crippen LogP contribution is -2.60. The van der Waals surface area contributed by atoms with Crippen molar-refractivity contribution in [2.75, 3.05) is 25.0 Å². The summed E-state index contributed by atoms with van der Waals surface area (Å²) in [5, 5.41) is 14.8. The molecule has 0 N–H and O–H groups in total. The summed E-state index contributed by atoms with van der Waals surface area (Å²) in [5.74, 6) is 1.88. The van der Waals surface area contributed by atoms with Gasteiger partial charge >= 0.3 is 0 Å². The largest absolute Gasteiger partial charge is 0.351 e. The molecule has 1 fully saturated rings. The first-order valence-corrected chi connectivity index (χ1v) is 9.63. The van der Waals surface area contributed by atoms with Crippen LogP contribution < -0.4 is 4.90 Å². The van der Waals surface area contributed by atoms with Crippen LogP contribution in [0.2, 0.25) is 0 Å². The van der Waals surface area contributed by atoms with Gasteiger partial charge in [0.1, 0.15) is 5.82 Å². The Kier molecular flexibility index (Phi) is 4.36. The summed E-state index contributed by atoms with van der Waals surface area (Å²) >= 11 is 1.73. The maximum atomic E-state index is 12.5. The van der Waals surface area contributed by atoms with E-state index >= 15 is 0 Å². The molecule has 0 saturated carbocycles. The highest BCUT2D eigenvalue weighted by molar-refractivity contribution is 7.10. The fraction of sp³-hybridized carbons (Fsp3) is 0.444. The number of carbonyl (C=O) groups is 1. The van der Waals surface area contributed by atoms with Crippen molar-refractivity contribution in [1.29, 1.82) is 0 Å². The maximum absolute atomic E-state index is 12.5. The zero-order valence-electron chi connectivity index (χ0n) is 15.2. The molecule has 7 nitrogen and oxygen atoms in total. The van der Waals surface area contributed by atoms with Gasteiger partial charge in [0, 0.05) is 31.4 Å². The van der Waals surface area contributed by atoms with Gasteiger partial charge in [0.2, 0.25) is 5.91 Å². The lowest BCUT2D eigenvalue weighted by molar-refractivity contribution is -0.132. The van der Waals surface area contributed by atoms with Gasteiger partial charge in [0.05, 0.1) is 6.04 Å². The number of aryl methyl sites for hydroxylation is 3. The van der Waals surface area contributed by atoms with Crippen LogP contribution in [0.5, 0.6) is 0 Å². The molecule has 136 valence electrons. The predicted octanol–water partition coefficient (Wildman–Crippen LogP) is 2.08. The summed E-state index contributed by atoms with van der Waals surface area (Å²) in [7, 11) is 1.91. The van der Waals surface area contributed by atoms with Crippen LogP contribution >= 0.6 is 11.3 Å². The molecule has 1 saturated heterocycles. The quantitative estimate of drug-likeness (QED) is 0.688. The predicted molar refractivity (Wildman–Crippen MR) is 102 cm³/mol. The highest BCUT2D eigenvalue weighted by Gasteiger charge is 2.33. The van der Waals surface area contributed by atoms with E-state index in [-0.39, 0.29) is 11.9 Å². The topological polar surface area (TPSA) is 66.6 Å². The molecule has 1 aliphatic heterocycles. The molecule has 0 aromatic carbocycles. The molecular weight excluding hydrogens is 348 g/mol. The molecule has 0 bridgehead atoms. The van der Waals surface area contributed by atoms with Gasteiger partial charge in [0.25, 0.3) is 0 Å². The van der Waals surface area contributed by atoms with Crippen molar-refractivity contribution in [3.05, 3.63) is 39.8 Å². The van der Waals surface area contributed by atoms with Crippen molar-refractivity contribution in [3.63, 3.8) is 0 Å². The number of aromatic nitrogens is 4. The average Bonchev–Trinajstić information content (AvgIpc) is 3.17. The van der Waals surface area contributed by atoms with Crippen molar-refractivity contribution in [3.8, 4) is 0 Å². The standard InChI is InChI=1S/C18H22N6OS/c1-12-8-9-26-15(12)4-7-18(25)22(3)14-10-23(11-14)17-6-5-16-20-19-13(2)24(16)21-17/h5-6,8-9,14H,4,7,10-11H2,1-3H3. The van der Waals surface area contributed by atoms with E-state index in [9.17, 15) is 4.79 Å². The number of hydrogen-bond donors (Lipinski definition) is 0. The van der Waals surface area contributed by atoms with Crippen LogP contribution in [-0.2, 0) is 11.2 Å². The molecule has 8 heteroatoms. The Labute approximate surface area is 156 Å². The molecule has 0 aliphatic carbocycles. The highest BCUT2D eigenvalue weighted by Crippen LogP contribution is 2.23. The number of carbonyl (C=O) groups excluding carboxylic acids is 1. The Morgan fingerprint density at radius 1 is 1.27 bits per heavy atom. The zero-order valence-corrected chi connectivity index (χ0v) is 16.0. The first kappa shape index (κ1) is 17.0. The normalized spacial score (nSPS) is 14.7. The molecule has 4 rings (SSSR count). The minimum Gasteiger partial charge on any atom is -0.351 e. The molecule has 0 radical (unpaired) electrons. The zero-order chi connectivity index (χ0) is 18.3. The Morgan fingerprint density at radius 2 is 2.08 bits per heavy atom. The minimum atomic E-state index is 0.209. The van der Waals surface area contributed by atoms with Gasteiger partial charge in [-0.2, -0.15) is 4.52 Å². The first-order chi connectivity index (χ1) is 12.5. The molecule has 3 aromatic rings. The molecule has 1 aliphatic rings. The number of likely N-dealkylation sites (N-methyl/N-ethyl adjacent to an activating group) is 1. The molecule has 3 aromatic heterocycles. The monoisotopic (exact) mass is 370 g/mol. The molecule has 1 amide bonds. The van der Waals surface area contributed by atoms with Gasteiger partial charge < -0.3 is 9.80 Å². The Balaban J connectivity index is 1.33. The number of fused-ring (bicyclic) bond motifs is 1. The van der Waals surface area contributed by atoms with Crippen LogP contribution in [0.1, 0.15) is 22.7 Å². The number of nitrogens with zero attached hydrogens (tertiary/aromatic N) is 6. The van der Waals surface area contributed by atoms with E-state index in [0.29, 0.717) is 6.42 Å². The van der Waals surface area contributed by atoms with Crippen molar-refractivity contribution >= 4 is 28.7 Å². The second-order valence-electron chi connectivity index (χ2n) is 6.80. The van der Waals surface area contributed by atoms with E-state index in [4.69, 9.17) is 0 Å². The number of hydrogen-bond acceptors (Lipinski definition) is 6. The molecular formula is C18H22N6OS. The van der Waals surface area contributed by atoms with Crippen molar-refractivity contribution in [2.45, 2.75) is 32.7 Å². The van der Waals surface area contributed by atoms with E-state index in [2.05, 4.69) is 38.6 Å². The summed E-state index contributed by atoms with van der Waals surface area (Å²) in [4.78, 5) is 17.9. The fourth-order valence-corrected chi connectivity index (χ4v) is 4.11. The number of amides is 1. The first-order valence-electron chi connectivity index (χ1n) is 8.75. The van der Waals surface area contributed by atoms with E-state index in [1.807, 2.05) is 31.0 Å². The second-order valence-corrected chi connectivity index (χ2v) is 7.80. The summed E-state index contributed by atoms with van der Waals surface area (Å²) in [6.07, 6.45) is 1.40. The van der Waals surface area contributed by atoms with Crippen molar-refractivity contribution in [1.82, 2.24) is 24.7 Å². The summed E-state index contributed by atoms with van der Waals surface area (Å²) in [5.41, 5.74) is 2.03. The van der Waals surface area contributed by atoms with Gasteiger partial charge in [0.15, 0.2) is 11.5 Å². The number of rotatable bonds is 5. The summed E-state index contributed by atoms with van der Waals surface area (Å²) in [6, 6.07) is 6.24. The van der Waals surface area contributed by atoms with Gasteiger partial charge in [-0.1, -0.05) is 0 Å². The van der Waals surface area contributed by atoms with Gasteiger partial charge in [-0.25, -0.2) is 0 Å². The smallest absolute Gasteiger partial charge is 0.223 e. The van der Waals surface area contributed by atoms with E-state index < -0.39 is 0 Å². The van der Waals surface area contributed by atoms with E-state index in [0.717, 1.165) is 36.8 Å². The molecule has 0 spiro atoms. The minimum absolute atomic E-state index is 0.209. The van der Waals surface area contributed by atoms with Crippen molar-refractivity contribution < 1.29 is 4.79 Å². The van der Waals surface area contributed by atoms with Crippen LogP contribution in [0.4, 0.5) is 5.82 Å². The SMILES string of the molecule is Cc1ccsc1CCC(=O)N(C)C1CN(c2ccc3nnc(C)n3n2)C1. The summed E-state index contributed by atoms with van der Waals surface area (Å²) < 4.78 is 1.75. The third kappa shape index (κ3) is 3.05. The van der Waals surface area contributed by atoms with Gasteiger partial charge in [-0.3, -0.25) is 4.79 Å². The van der Waals surface area contributed by atoms with E-state index in [1.165, 1.54) is 10.4 Å². The fourth-order valence-electron chi connectivity index (χ4n) is 3.20. The van der Waals surface area contributed by atoms with Gasteiger partial charge in [-0.15, -0.1) is 26.6 Å². The third-order valence-corrected chi connectivity index (χ3v) is 6.15. The molecule has 4 heterocycles.